The second-order valence-electron chi connectivity index (χ2n) is 4.53. The maximum atomic E-state index is 6.15. The monoisotopic (exact) mass is 286 g/mol. The van der Waals surface area contributed by atoms with E-state index in [2.05, 4.69) is 29.1 Å². The Morgan fingerprint density at radius 2 is 2.33 bits per heavy atom. The van der Waals surface area contributed by atoms with Crippen molar-refractivity contribution in [2.75, 3.05) is 34.9 Å². The van der Waals surface area contributed by atoms with Crippen LogP contribution in [0.3, 0.4) is 0 Å². The largest absolute Gasteiger partial charge is 0.394 e. The molecular weight excluding hydrogens is 264 g/mol. The van der Waals surface area contributed by atoms with E-state index >= 15 is 0 Å². The Labute approximate surface area is 117 Å². The van der Waals surface area contributed by atoms with Gasteiger partial charge in [0, 0.05) is 36.1 Å². The summed E-state index contributed by atoms with van der Waals surface area (Å²) in [4.78, 5) is 0. The van der Waals surface area contributed by atoms with Crippen LogP contribution >= 0.6 is 23.5 Å². The average Bonchev–Trinajstić information content (AvgIpc) is 2.64. The lowest BCUT2D eigenvalue weighted by molar-refractivity contribution is 0.734. The van der Waals surface area contributed by atoms with E-state index in [1.165, 1.54) is 17.3 Å². The lowest BCUT2D eigenvalue weighted by Crippen LogP contribution is -2.24. The van der Waals surface area contributed by atoms with Crippen LogP contribution in [0.4, 0.5) is 11.5 Å². The van der Waals surface area contributed by atoms with E-state index in [0.717, 1.165) is 36.6 Å². The number of rotatable bonds is 5. The topological polar surface area (TPSA) is 55.9 Å². The second-order valence-corrected chi connectivity index (χ2v) is 7.09. The molecule has 0 spiro atoms. The van der Waals surface area contributed by atoms with Crippen molar-refractivity contribution in [3.63, 3.8) is 0 Å². The lowest BCUT2D eigenvalue weighted by Gasteiger charge is -2.21. The summed E-state index contributed by atoms with van der Waals surface area (Å²) in [7, 11) is 1.96. The molecule has 1 saturated heterocycles. The van der Waals surface area contributed by atoms with E-state index in [0.29, 0.717) is 5.25 Å². The number of aromatic nitrogens is 2. The molecule has 0 bridgehead atoms. The van der Waals surface area contributed by atoms with Gasteiger partial charge in [0.05, 0.1) is 11.4 Å². The number of hydrogen-bond acceptors (Lipinski definition) is 5. The highest BCUT2D eigenvalue weighted by Crippen LogP contribution is 2.27. The molecule has 3 N–H and O–H groups in total. The van der Waals surface area contributed by atoms with Gasteiger partial charge in [-0.1, -0.05) is 13.3 Å². The number of nitrogens with two attached hydrogens (primary N) is 1. The van der Waals surface area contributed by atoms with E-state index in [9.17, 15) is 0 Å². The highest BCUT2D eigenvalue weighted by Gasteiger charge is 2.17. The highest BCUT2D eigenvalue weighted by molar-refractivity contribution is 8.06. The fourth-order valence-corrected chi connectivity index (χ4v) is 4.70. The molecule has 0 radical (unpaired) electrons. The van der Waals surface area contributed by atoms with Gasteiger partial charge in [0.25, 0.3) is 0 Å². The molecule has 4 nitrogen and oxygen atoms in total. The van der Waals surface area contributed by atoms with Gasteiger partial charge in [-0.3, -0.25) is 4.68 Å². The summed E-state index contributed by atoms with van der Waals surface area (Å²) in [6.07, 6.45) is 2.03. The molecule has 1 aliphatic rings. The zero-order valence-electron chi connectivity index (χ0n) is 11.1. The van der Waals surface area contributed by atoms with Crippen LogP contribution in [-0.4, -0.2) is 38.8 Å². The van der Waals surface area contributed by atoms with Crippen molar-refractivity contribution >= 4 is 35.0 Å². The quantitative estimate of drug-likeness (QED) is 0.869. The zero-order chi connectivity index (χ0) is 13.0. The molecule has 0 aromatic carbocycles. The molecule has 0 amide bonds. The van der Waals surface area contributed by atoms with Crippen molar-refractivity contribution in [1.29, 1.82) is 0 Å². The van der Waals surface area contributed by atoms with Crippen LogP contribution in [0.1, 0.15) is 19.0 Å². The normalized spacial score (nSPS) is 20.0. The number of anilines is 2. The summed E-state index contributed by atoms with van der Waals surface area (Å²) in [5, 5.41) is 8.64. The SMILES string of the molecule is CCCc1nn(C)c(NCC2CSCCS2)c1N. The Balaban J connectivity index is 1.95. The third-order valence-electron chi connectivity index (χ3n) is 3.03. The molecule has 1 aromatic heterocycles. The third kappa shape index (κ3) is 3.29. The van der Waals surface area contributed by atoms with Crippen LogP contribution in [0.25, 0.3) is 0 Å². The standard InChI is InChI=1S/C12H22N4S2/c1-3-4-10-11(13)12(16(2)15-10)14-7-9-8-17-5-6-18-9/h9,14H,3-8,13H2,1-2H3. The van der Waals surface area contributed by atoms with Gasteiger partial charge in [0.2, 0.25) is 0 Å². The summed E-state index contributed by atoms with van der Waals surface area (Å²) in [6, 6.07) is 0. The predicted octanol–water partition coefficient (Wildman–Crippen LogP) is 2.22. The molecule has 0 aliphatic carbocycles. The molecule has 1 aliphatic heterocycles. The molecule has 1 unspecified atom stereocenters. The van der Waals surface area contributed by atoms with Crippen molar-refractivity contribution in [3.05, 3.63) is 5.69 Å². The first kappa shape index (κ1) is 13.9. The first-order valence-corrected chi connectivity index (χ1v) is 8.67. The van der Waals surface area contributed by atoms with Gasteiger partial charge in [0.1, 0.15) is 5.82 Å². The first-order valence-electron chi connectivity index (χ1n) is 6.47. The summed E-state index contributed by atoms with van der Waals surface area (Å²) in [5.74, 6) is 4.76. The number of nitrogens with zero attached hydrogens (tertiary/aromatic N) is 2. The van der Waals surface area contributed by atoms with Gasteiger partial charge < -0.3 is 11.1 Å². The average molecular weight is 286 g/mol. The van der Waals surface area contributed by atoms with Crippen LogP contribution < -0.4 is 11.1 Å². The van der Waals surface area contributed by atoms with Crippen molar-refractivity contribution in [2.24, 2.45) is 7.05 Å². The summed E-state index contributed by atoms with van der Waals surface area (Å²) in [5.41, 5.74) is 8.00. The van der Waals surface area contributed by atoms with Gasteiger partial charge in [-0.25, -0.2) is 0 Å². The predicted molar refractivity (Wildman–Crippen MR) is 83.7 cm³/mol. The maximum absolute atomic E-state index is 6.15. The Morgan fingerprint density at radius 1 is 1.50 bits per heavy atom. The Morgan fingerprint density at radius 3 is 3.00 bits per heavy atom. The first-order chi connectivity index (χ1) is 8.72. The molecule has 2 heterocycles. The maximum Gasteiger partial charge on any atom is 0.147 e. The zero-order valence-corrected chi connectivity index (χ0v) is 12.7. The third-order valence-corrected chi connectivity index (χ3v) is 5.87. The van der Waals surface area contributed by atoms with Crippen LogP contribution in [-0.2, 0) is 13.5 Å². The van der Waals surface area contributed by atoms with Gasteiger partial charge in [-0.2, -0.15) is 28.6 Å². The smallest absolute Gasteiger partial charge is 0.147 e. The fraction of sp³-hybridized carbons (Fsp3) is 0.750. The van der Waals surface area contributed by atoms with Crippen LogP contribution in [0.5, 0.6) is 0 Å². The molecule has 2 rings (SSSR count). The lowest BCUT2D eigenvalue weighted by atomic mass is 10.2. The van der Waals surface area contributed by atoms with Crippen LogP contribution in [0, 0.1) is 0 Å². The van der Waals surface area contributed by atoms with Crippen LogP contribution in [0.15, 0.2) is 0 Å². The minimum Gasteiger partial charge on any atom is -0.394 e. The minimum absolute atomic E-state index is 0.688. The second kappa shape index (κ2) is 6.61. The number of nitrogen functional groups attached to an aromatic ring is 1. The van der Waals surface area contributed by atoms with Gasteiger partial charge in [0.15, 0.2) is 0 Å². The van der Waals surface area contributed by atoms with E-state index in [-0.39, 0.29) is 0 Å². The highest BCUT2D eigenvalue weighted by atomic mass is 32.2. The molecule has 0 saturated carbocycles. The van der Waals surface area contributed by atoms with Gasteiger partial charge in [-0.15, -0.1) is 0 Å². The molecule has 1 aromatic rings. The van der Waals surface area contributed by atoms with Crippen LogP contribution in [0.2, 0.25) is 0 Å². The van der Waals surface area contributed by atoms with E-state index in [1.807, 2.05) is 23.5 Å². The van der Waals surface area contributed by atoms with E-state index < -0.39 is 0 Å². The Bertz CT molecular complexity index is 386. The summed E-state index contributed by atoms with van der Waals surface area (Å²) in [6.45, 7) is 3.13. The van der Waals surface area contributed by atoms with Crippen molar-refractivity contribution in [2.45, 2.75) is 25.0 Å². The van der Waals surface area contributed by atoms with Crippen molar-refractivity contribution in [3.8, 4) is 0 Å². The Hall–Kier alpha value is -0.490. The van der Waals surface area contributed by atoms with E-state index in [1.54, 1.807) is 0 Å². The molecule has 1 fully saturated rings. The molecule has 18 heavy (non-hydrogen) atoms. The molecule has 6 heteroatoms. The van der Waals surface area contributed by atoms with Crippen molar-refractivity contribution < 1.29 is 0 Å². The number of hydrogen-bond donors (Lipinski definition) is 2. The number of thioether (sulfide) groups is 2. The fourth-order valence-electron chi connectivity index (χ4n) is 2.09. The van der Waals surface area contributed by atoms with Gasteiger partial charge in [-0.05, 0) is 6.42 Å². The summed E-state index contributed by atoms with van der Waals surface area (Å²) < 4.78 is 1.88. The van der Waals surface area contributed by atoms with Gasteiger partial charge >= 0.3 is 0 Å². The minimum atomic E-state index is 0.688. The molecule has 102 valence electrons. The number of nitrogens with one attached hydrogen (secondary N) is 1. The molecular formula is C12H22N4S2. The summed E-state index contributed by atoms with van der Waals surface area (Å²) >= 11 is 4.10. The Kier molecular flexibility index (Phi) is 5.12. The van der Waals surface area contributed by atoms with E-state index in [4.69, 9.17) is 5.73 Å². The molecule has 1 atom stereocenters. The van der Waals surface area contributed by atoms with Crippen molar-refractivity contribution in [1.82, 2.24) is 9.78 Å². The number of aryl methyl sites for hydroxylation is 2.